The van der Waals surface area contributed by atoms with Crippen LogP contribution < -0.4 is 0 Å². The molecule has 0 unspecified atom stereocenters. The average molecular weight is 183 g/mol. The first kappa shape index (κ1) is 11.9. The summed E-state index contributed by atoms with van der Waals surface area (Å²) in [4.78, 5) is 14.8. The van der Waals surface area contributed by atoms with Gasteiger partial charge in [0.1, 0.15) is 5.60 Å². The van der Waals surface area contributed by atoms with Crippen molar-refractivity contribution in [2.75, 3.05) is 0 Å². The third kappa shape index (κ3) is 7.25. The summed E-state index contributed by atoms with van der Waals surface area (Å²) in [6, 6.07) is 0. The van der Waals surface area contributed by atoms with E-state index in [2.05, 4.69) is 4.99 Å². The molecule has 3 heteroatoms. The number of aliphatic imine (C=N–C) groups is 1. The molecular formula is C10H17NO2. The maximum atomic E-state index is 11.1. The Bertz CT molecular complexity index is 234. The molecular weight excluding hydrogens is 166 g/mol. The molecule has 0 heterocycles. The summed E-state index contributed by atoms with van der Waals surface area (Å²) < 4.78 is 4.99. The average Bonchev–Trinajstić information content (AvgIpc) is 1.81. The molecule has 74 valence electrons. The first-order valence-electron chi connectivity index (χ1n) is 4.26. The molecule has 0 atom stereocenters. The van der Waals surface area contributed by atoms with Crippen LogP contribution in [-0.2, 0) is 4.74 Å². The molecule has 0 saturated carbocycles. The van der Waals surface area contributed by atoms with Gasteiger partial charge < -0.3 is 4.74 Å². The van der Waals surface area contributed by atoms with Crippen LogP contribution in [0.1, 0.15) is 34.6 Å². The Morgan fingerprint density at radius 2 is 1.92 bits per heavy atom. The molecule has 0 fully saturated rings. The van der Waals surface area contributed by atoms with Gasteiger partial charge in [0.2, 0.25) is 0 Å². The molecule has 0 aliphatic rings. The van der Waals surface area contributed by atoms with Gasteiger partial charge in [-0.15, -0.1) is 0 Å². The fourth-order valence-electron chi connectivity index (χ4n) is 0.707. The Kier molecular flexibility index (Phi) is 4.38. The molecule has 0 rings (SSSR count). The number of carbonyl (C=O) groups is 1. The predicted octanol–water partition coefficient (Wildman–Crippen LogP) is 2.96. The monoisotopic (exact) mass is 183 g/mol. The molecule has 0 aliphatic heterocycles. The number of hydrogen-bond acceptors (Lipinski definition) is 2. The summed E-state index contributed by atoms with van der Waals surface area (Å²) in [5.41, 5.74) is 0.174. The van der Waals surface area contributed by atoms with Crippen molar-refractivity contribution >= 4 is 11.8 Å². The van der Waals surface area contributed by atoms with Crippen molar-refractivity contribution in [3.05, 3.63) is 12.2 Å². The Hall–Kier alpha value is -1.12. The van der Waals surface area contributed by atoms with Crippen molar-refractivity contribution in [3.8, 4) is 0 Å². The summed E-state index contributed by atoms with van der Waals surface area (Å²) in [5, 5.41) is 0. The highest BCUT2D eigenvalue weighted by atomic mass is 16.6. The second-order valence-electron chi connectivity index (χ2n) is 3.73. The normalized spacial score (nSPS) is 13.5. The van der Waals surface area contributed by atoms with E-state index in [-0.39, 0.29) is 0 Å². The summed E-state index contributed by atoms with van der Waals surface area (Å²) in [6.07, 6.45) is 3.04. The van der Waals surface area contributed by atoms with E-state index in [4.69, 9.17) is 4.74 Å². The lowest BCUT2D eigenvalue weighted by Gasteiger charge is -2.17. The SMILES string of the molecule is C/C=C\C(C)=NC(=O)OC(C)(C)C. The lowest BCUT2D eigenvalue weighted by Crippen LogP contribution is -2.22. The highest BCUT2D eigenvalue weighted by Crippen LogP contribution is 2.07. The minimum atomic E-state index is -0.539. The van der Waals surface area contributed by atoms with E-state index >= 15 is 0 Å². The molecule has 1 amide bonds. The maximum Gasteiger partial charge on any atom is 0.434 e. The molecule has 0 aromatic rings. The quantitative estimate of drug-likeness (QED) is 0.586. The van der Waals surface area contributed by atoms with Gasteiger partial charge in [-0.05, 0) is 40.7 Å². The van der Waals surface area contributed by atoms with E-state index in [1.165, 1.54) is 0 Å². The number of nitrogens with zero attached hydrogens (tertiary/aromatic N) is 1. The number of amides is 1. The number of ether oxygens (including phenoxy) is 1. The second kappa shape index (κ2) is 4.80. The van der Waals surface area contributed by atoms with Crippen molar-refractivity contribution in [2.24, 2.45) is 4.99 Å². The van der Waals surface area contributed by atoms with Crippen molar-refractivity contribution in [2.45, 2.75) is 40.2 Å². The highest BCUT2D eigenvalue weighted by Gasteiger charge is 2.15. The molecule has 0 saturated heterocycles. The van der Waals surface area contributed by atoms with Crippen molar-refractivity contribution in [1.29, 1.82) is 0 Å². The van der Waals surface area contributed by atoms with E-state index in [9.17, 15) is 4.79 Å². The van der Waals surface area contributed by atoms with Gasteiger partial charge in [0.25, 0.3) is 0 Å². The van der Waals surface area contributed by atoms with Crippen LogP contribution in [0.25, 0.3) is 0 Å². The van der Waals surface area contributed by atoms with Crippen LogP contribution >= 0.6 is 0 Å². The van der Waals surface area contributed by atoms with Gasteiger partial charge >= 0.3 is 6.09 Å². The molecule has 13 heavy (non-hydrogen) atoms. The first-order chi connectivity index (χ1) is 5.85. The number of allylic oxidation sites excluding steroid dienone is 2. The first-order valence-corrected chi connectivity index (χ1v) is 4.26. The van der Waals surface area contributed by atoms with Gasteiger partial charge in [-0.2, -0.15) is 4.99 Å². The smallest absolute Gasteiger partial charge is 0.434 e. The van der Waals surface area contributed by atoms with Gasteiger partial charge in [-0.3, -0.25) is 0 Å². The van der Waals surface area contributed by atoms with Crippen LogP contribution in [0.15, 0.2) is 17.1 Å². The zero-order chi connectivity index (χ0) is 10.5. The lowest BCUT2D eigenvalue weighted by molar-refractivity contribution is 0.0604. The Morgan fingerprint density at radius 1 is 1.38 bits per heavy atom. The Labute approximate surface area is 79.5 Å². The lowest BCUT2D eigenvalue weighted by atomic mass is 10.2. The summed E-state index contributed by atoms with van der Waals surface area (Å²) in [5.74, 6) is 0. The van der Waals surface area contributed by atoms with Crippen LogP contribution in [0.3, 0.4) is 0 Å². The van der Waals surface area contributed by atoms with E-state index in [1.807, 2.05) is 33.8 Å². The summed E-state index contributed by atoms with van der Waals surface area (Å²) in [7, 11) is 0. The predicted molar refractivity (Wildman–Crippen MR) is 54.2 cm³/mol. The zero-order valence-electron chi connectivity index (χ0n) is 8.92. The topological polar surface area (TPSA) is 38.7 Å². The fourth-order valence-corrected chi connectivity index (χ4v) is 0.707. The van der Waals surface area contributed by atoms with Crippen LogP contribution in [0.4, 0.5) is 4.79 Å². The van der Waals surface area contributed by atoms with Gasteiger partial charge in [-0.25, -0.2) is 4.79 Å². The summed E-state index contributed by atoms with van der Waals surface area (Å²) >= 11 is 0. The highest BCUT2D eigenvalue weighted by molar-refractivity contribution is 5.99. The number of carbonyl (C=O) groups excluding carboxylic acids is 1. The summed E-state index contributed by atoms with van der Waals surface area (Å²) in [6.45, 7) is 9.06. The molecule has 0 aliphatic carbocycles. The van der Waals surface area contributed by atoms with Crippen LogP contribution in [0, 0.1) is 0 Å². The number of rotatable bonds is 1. The molecule has 0 aromatic carbocycles. The van der Waals surface area contributed by atoms with Gasteiger partial charge in [0, 0.05) is 5.71 Å². The van der Waals surface area contributed by atoms with Gasteiger partial charge in [0.05, 0.1) is 0 Å². The van der Waals surface area contributed by atoms with E-state index in [1.54, 1.807) is 13.0 Å². The van der Waals surface area contributed by atoms with Crippen molar-refractivity contribution in [3.63, 3.8) is 0 Å². The largest absolute Gasteiger partial charge is 0.442 e. The molecule has 3 nitrogen and oxygen atoms in total. The minimum absolute atomic E-state index is 0.475. The van der Waals surface area contributed by atoms with Gasteiger partial charge in [0.15, 0.2) is 0 Å². The van der Waals surface area contributed by atoms with E-state index in [0.29, 0.717) is 5.71 Å². The van der Waals surface area contributed by atoms with E-state index < -0.39 is 11.7 Å². The zero-order valence-corrected chi connectivity index (χ0v) is 8.92. The molecule has 0 aromatic heterocycles. The van der Waals surface area contributed by atoms with E-state index in [0.717, 1.165) is 0 Å². The molecule has 0 bridgehead atoms. The molecule has 0 spiro atoms. The second-order valence-corrected chi connectivity index (χ2v) is 3.73. The fraction of sp³-hybridized carbons (Fsp3) is 0.600. The maximum absolute atomic E-state index is 11.1. The van der Waals surface area contributed by atoms with Gasteiger partial charge in [-0.1, -0.05) is 6.08 Å². The third-order valence-corrected chi connectivity index (χ3v) is 1.07. The Morgan fingerprint density at radius 3 is 2.31 bits per heavy atom. The minimum Gasteiger partial charge on any atom is -0.442 e. The number of hydrogen-bond donors (Lipinski definition) is 0. The van der Waals surface area contributed by atoms with Crippen molar-refractivity contribution in [1.82, 2.24) is 0 Å². The third-order valence-electron chi connectivity index (χ3n) is 1.07. The molecule has 0 radical (unpaired) electrons. The Balaban J connectivity index is 4.23. The standard InChI is InChI=1S/C10H17NO2/c1-6-7-8(2)11-9(12)13-10(3,4)5/h6-7H,1-5H3/b7-6-,11-8?. The van der Waals surface area contributed by atoms with Crippen LogP contribution in [0.5, 0.6) is 0 Å². The molecule has 0 N–H and O–H groups in total. The van der Waals surface area contributed by atoms with Crippen molar-refractivity contribution < 1.29 is 9.53 Å². The van der Waals surface area contributed by atoms with Crippen LogP contribution in [-0.4, -0.2) is 17.4 Å². The van der Waals surface area contributed by atoms with Crippen LogP contribution in [0.2, 0.25) is 0 Å².